The van der Waals surface area contributed by atoms with E-state index in [-0.39, 0.29) is 5.56 Å². The summed E-state index contributed by atoms with van der Waals surface area (Å²) in [5.41, 5.74) is 8.70. The summed E-state index contributed by atoms with van der Waals surface area (Å²) < 4.78 is 14.0. The number of fused-ring (bicyclic) bond motifs is 3. The summed E-state index contributed by atoms with van der Waals surface area (Å²) in [6, 6.07) is 20.0. The minimum atomic E-state index is -0.460. The molecule has 0 saturated carbocycles. The Labute approximate surface area is 160 Å². The second-order valence-electron chi connectivity index (χ2n) is 7.27. The van der Waals surface area contributed by atoms with Crippen LogP contribution in [0.3, 0.4) is 0 Å². The predicted octanol–water partition coefficient (Wildman–Crippen LogP) is 6.47. The molecule has 0 fully saturated rings. The van der Waals surface area contributed by atoms with Gasteiger partial charge in [0, 0.05) is 0 Å². The van der Waals surface area contributed by atoms with Gasteiger partial charge in [-0.15, -0.1) is 0 Å². The van der Waals surface area contributed by atoms with Crippen LogP contribution in [-0.2, 0) is 19.3 Å². The smallest absolute Gasteiger partial charge is 0.141 e. The molecule has 1 nitrogen and oxygen atoms in total. The molecule has 0 aliphatic heterocycles. The molecule has 3 aromatic carbocycles. The highest BCUT2D eigenvalue weighted by atomic mass is 19.1. The first kappa shape index (κ1) is 17.5. The number of aryl methyl sites for hydroxylation is 3. The molecule has 4 rings (SSSR count). The Bertz CT molecular complexity index is 1040. The molecular formula is C25H22FN. The number of unbranched alkanes of at least 4 members (excludes halogenated alkanes) is 1. The van der Waals surface area contributed by atoms with Crippen LogP contribution in [0, 0.1) is 17.1 Å². The summed E-state index contributed by atoms with van der Waals surface area (Å²) in [6.45, 7) is 2.23. The molecule has 1 aliphatic rings. The van der Waals surface area contributed by atoms with Gasteiger partial charge in [-0.1, -0.05) is 55.8 Å². The van der Waals surface area contributed by atoms with Crippen LogP contribution in [0.2, 0.25) is 0 Å². The van der Waals surface area contributed by atoms with Crippen molar-refractivity contribution in [1.29, 1.82) is 5.26 Å². The molecule has 27 heavy (non-hydrogen) atoms. The molecule has 0 amide bonds. The number of hydrogen-bond acceptors (Lipinski definition) is 1. The van der Waals surface area contributed by atoms with Crippen molar-refractivity contribution in [3.05, 3.63) is 82.7 Å². The Morgan fingerprint density at radius 3 is 2.26 bits per heavy atom. The molecule has 1 aliphatic carbocycles. The van der Waals surface area contributed by atoms with E-state index in [1.54, 1.807) is 6.07 Å². The lowest BCUT2D eigenvalue weighted by Gasteiger charge is -2.21. The molecule has 0 spiro atoms. The molecule has 0 aromatic heterocycles. The second-order valence-corrected chi connectivity index (χ2v) is 7.27. The maximum absolute atomic E-state index is 14.0. The van der Waals surface area contributed by atoms with Crippen molar-refractivity contribution in [3.63, 3.8) is 0 Å². The van der Waals surface area contributed by atoms with Gasteiger partial charge in [0.2, 0.25) is 0 Å². The van der Waals surface area contributed by atoms with Crippen LogP contribution in [0.25, 0.3) is 22.3 Å². The van der Waals surface area contributed by atoms with Gasteiger partial charge < -0.3 is 0 Å². The average molecular weight is 355 g/mol. The molecule has 134 valence electrons. The number of benzene rings is 3. The van der Waals surface area contributed by atoms with Gasteiger partial charge in [0.15, 0.2) is 0 Å². The Morgan fingerprint density at radius 2 is 1.56 bits per heavy atom. The van der Waals surface area contributed by atoms with Crippen molar-refractivity contribution in [2.24, 2.45) is 0 Å². The highest BCUT2D eigenvalue weighted by molar-refractivity contribution is 5.77. The first-order valence-electron chi connectivity index (χ1n) is 9.64. The zero-order chi connectivity index (χ0) is 18.8. The van der Waals surface area contributed by atoms with E-state index in [1.165, 1.54) is 46.7 Å². The summed E-state index contributed by atoms with van der Waals surface area (Å²) in [7, 11) is 0. The lowest BCUT2D eigenvalue weighted by atomic mass is 9.83. The number of hydrogen-bond donors (Lipinski definition) is 0. The van der Waals surface area contributed by atoms with Crippen molar-refractivity contribution >= 4 is 0 Å². The fraction of sp³-hybridized carbons (Fsp3) is 0.240. The summed E-state index contributed by atoms with van der Waals surface area (Å²) >= 11 is 0. The maximum Gasteiger partial charge on any atom is 0.141 e. The average Bonchev–Trinajstić information content (AvgIpc) is 2.71. The third-order valence-corrected chi connectivity index (χ3v) is 5.47. The van der Waals surface area contributed by atoms with Gasteiger partial charge in [-0.2, -0.15) is 5.26 Å². The Morgan fingerprint density at radius 1 is 0.889 bits per heavy atom. The monoisotopic (exact) mass is 355 g/mol. The molecule has 2 heteroatoms. The van der Waals surface area contributed by atoms with Crippen molar-refractivity contribution in [2.45, 2.75) is 39.0 Å². The molecule has 3 aromatic rings. The lowest BCUT2D eigenvalue weighted by molar-refractivity contribution is 0.624. The zero-order valence-electron chi connectivity index (χ0n) is 15.6. The maximum atomic E-state index is 14.0. The van der Waals surface area contributed by atoms with Crippen LogP contribution in [0.15, 0.2) is 54.6 Å². The standard InChI is InChI=1S/C25H22FN/c1-2-3-4-17-5-11-23-20(13-17)7-8-21-14-18(10-12-24(21)23)19-6-9-22(16-27)25(26)15-19/h5-6,9-15H,2-4,7-8H2,1H3. The second kappa shape index (κ2) is 7.37. The van der Waals surface area contributed by atoms with Crippen LogP contribution in [0.1, 0.15) is 42.0 Å². The molecule has 0 radical (unpaired) electrons. The van der Waals surface area contributed by atoms with E-state index in [2.05, 4.69) is 43.3 Å². The van der Waals surface area contributed by atoms with Gasteiger partial charge in [-0.05, 0) is 76.8 Å². The molecule has 0 saturated heterocycles. The minimum absolute atomic E-state index is 0.0875. The summed E-state index contributed by atoms with van der Waals surface area (Å²) in [5.74, 6) is -0.460. The Kier molecular flexibility index (Phi) is 4.77. The van der Waals surface area contributed by atoms with E-state index in [4.69, 9.17) is 5.26 Å². The molecular weight excluding hydrogens is 333 g/mol. The summed E-state index contributed by atoms with van der Waals surface area (Å²) in [6.07, 6.45) is 5.66. The molecule has 0 unspecified atom stereocenters. The molecule has 0 atom stereocenters. The van der Waals surface area contributed by atoms with Gasteiger partial charge in [0.1, 0.15) is 11.9 Å². The zero-order valence-corrected chi connectivity index (χ0v) is 15.6. The summed E-state index contributed by atoms with van der Waals surface area (Å²) in [4.78, 5) is 0. The van der Waals surface area contributed by atoms with E-state index < -0.39 is 5.82 Å². The Hall–Kier alpha value is -2.92. The molecule has 0 N–H and O–H groups in total. The van der Waals surface area contributed by atoms with E-state index in [1.807, 2.05) is 12.1 Å². The van der Waals surface area contributed by atoms with Crippen LogP contribution >= 0.6 is 0 Å². The highest BCUT2D eigenvalue weighted by Crippen LogP contribution is 2.36. The van der Waals surface area contributed by atoms with E-state index in [0.29, 0.717) is 0 Å². The largest absolute Gasteiger partial charge is 0.206 e. The van der Waals surface area contributed by atoms with Crippen molar-refractivity contribution < 1.29 is 4.39 Å². The number of nitrogens with zero attached hydrogens (tertiary/aromatic N) is 1. The van der Waals surface area contributed by atoms with Gasteiger partial charge in [-0.3, -0.25) is 0 Å². The topological polar surface area (TPSA) is 23.8 Å². The number of nitriles is 1. The van der Waals surface area contributed by atoms with Crippen molar-refractivity contribution in [3.8, 4) is 28.3 Å². The fourth-order valence-corrected chi connectivity index (χ4v) is 3.95. The Balaban J connectivity index is 1.68. The van der Waals surface area contributed by atoms with Gasteiger partial charge in [0.25, 0.3) is 0 Å². The lowest BCUT2D eigenvalue weighted by Crippen LogP contribution is -2.05. The van der Waals surface area contributed by atoms with Crippen molar-refractivity contribution in [2.75, 3.05) is 0 Å². The van der Waals surface area contributed by atoms with Crippen molar-refractivity contribution in [1.82, 2.24) is 0 Å². The highest BCUT2D eigenvalue weighted by Gasteiger charge is 2.17. The minimum Gasteiger partial charge on any atom is -0.206 e. The first-order valence-corrected chi connectivity index (χ1v) is 9.64. The van der Waals surface area contributed by atoms with E-state index in [9.17, 15) is 4.39 Å². The summed E-state index contributed by atoms with van der Waals surface area (Å²) in [5, 5.41) is 8.91. The quantitative estimate of drug-likeness (QED) is 0.526. The normalized spacial score (nSPS) is 12.2. The van der Waals surface area contributed by atoms with E-state index >= 15 is 0 Å². The predicted molar refractivity (Wildman–Crippen MR) is 108 cm³/mol. The number of halogens is 1. The number of rotatable bonds is 4. The van der Waals surface area contributed by atoms with E-state index in [0.717, 1.165) is 30.4 Å². The van der Waals surface area contributed by atoms with Crippen LogP contribution in [0.5, 0.6) is 0 Å². The van der Waals surface area contributed by atoms with Gasteiger partial charge in [-0.25, -0.2) is 4.39 Å². The molecule has 0 bridgehead atoms. The third kappa shape index (κ3) is 3.38. The van der Waals surface area contributed by atoms with Gasteiger partial charge >= 0.3 is 0 Å². The first-order chi connectivity index (χ1) is 13.2. The third-order valence-electron chi connectivity index (χ3n) is 5.47. The SMILES string of the molecule is CCCCc1ccc2c(c1)CCc1cc(-c3ccc(C#N)c(F)c3)ccc1-2. The van der Waals surface area contributed by atoms with Crippen LogP contribution in [0.4, 0.5) is 4.39 Å². The fourth-order valence-electron chi connectivity index (χ4n) is 3.95. The van der Waals surface area contributed by atoms with Gasteiger partial charge in [0.05, 0.1) is 5.56 Å². The van der Waals surface area contributed by atoms with Crippen LogP contribution in [-0.4, -0.2) is 0 Å². The molecule has 0 heterocycles. The van der Waals surface area contributed by atoms with Crippen LogP contribution < -0.4 is 0 Å².